The maximum Gasteiger partial charge on any atom is 0.0206 e. The summed E-state index contributed by atoms with van der Waals surface area (Å²) in [6, 6.07) is 0.746. The maximum absolute atomic E-state index is 3.78. The lowest BCUT2D eigenvalue weighted by atomic mass is 9.71. The topological polar surface area (TPSA) is 12.0 Å². The van der Waals surface area contributed by atoms with Gasteiger partial charge in [0.1, 0.15) is 0 Å². The molecule has 0 amide bonds. The lowest BCUT2D eigenvalue weighted by Crippen LogP contribution is -2.45. The van der Waals surface area contributed by atoms with Gasteiger partial charge in [0.2, 0.25) is 0 Å². The second-order valence-electron chi connectivity index (χ2n) is 7.16. The highest BCUT2D eigenvalue weighted by Crippen LogP contribution is 2.42. The Kier molecular flexibility index (Phi) is 6.54. The van der Waals surface area contributed by atoms with Crippen LogP contribution in [0.5, 0.6) is 0 Å². The van der Waals surface area contributed by atoms with Gasteiger partial charge in [-0.15, -0.1) is 0 Å². The quantitative estimate of drug-likeness (QED) is 0.777. The Morgan fingerprint density at radius 2 is 1.89 bits per heavy atom. The molecule has 0 spiro atoms. The predicted octanol–water partition coefficient (Wildman–Crippen LogP) is 4.71. The molecule has 0 aromatic carbocycles. The molecule has 1 fully saturated rings. The van der Waals surface area contributed by atoms with Crippen molar-refractivity contribution in [3.05, 3.63) is 0 Å². The monoisotopic (exact) mass is 271 g/mol. The van der Waals surface area contributed by atoms with E-state index in [9.17, 15) is 0 Å². The van der Waals surface area contributed by atoms with Gasteiger partial charge in [-0.1, -0.05) is 41.5 Å². The van der Waals surface area contributed by atoms with Gasteiger partial charge in [-0.25, -0.2) is 0 Å². The number of hydrogen-bond donors (Lipinski definition) is 1. The molecule has 1 rings (SSSR count). The van der Waals surface area contributed by atoms with Crippen LogP contribution in [0.3, 0.4) is 0 Å². The van der Waals surface area contributed by atoms with Crippen LogP contribution in [0.1, 0.15) is 67.2 Å². The summed E-state index contributed by atoms with van der Waals surface area (Å²) in [6.45, 7) is 15.3. The zero-order chi connectivity index (χ0) is 13.8. The van der Waals surface area contributed by atoms with Crippen LogP contribution in [0, 0.1) is 11.3 Å². The van der Waals surface area contributed by atoms with Gasteiger partial charge in [0, 0.05) is 11.3 Å². The van der Waals surface area contributed by atoms with E-state index in [1.807, 2.05) is 0 Å². The number of hydrogen-bond acceptors (Lipinski definition) is 2. The Bertz CT molecular complexity index is 232. The molecule has 3 unspecified atom stereocenters. The van der Waals surface area contributed by atoms with Crippen molar-refractivity contribution in [3.8, 4) is 0 Å². The summed E-state index contributed by atoms with van der Waals surface area (Å²) in [6.07, 6.45) is 5.42. The molecule has 1 aliphatic carbocycles. The van der Waals surface area contributed by atoms with Crippen molar-refractivity contribution in [1.29, 1.82) is 0 Å². The second kappa shape index (κ2) is 7.19. The molecule has 2 heteroatoms. The van der Waals surface area contributed by atoms with E-state index in [1.165, 1.54) is 32.2 Å². The molecule has 3 atom stereocenters. The van der Waals surface area contributed by atoms with Crippen molar-refractivity contribution in [3.63, 3.8) is 0 Å². The van der Waals surface area contributed by atoms with Gasteiger partial charge in [-0.3, -0.25) is 0 Å². The fraction of sp³-hybridized carbons (Fsp3) is 1.00. The minimum atomic E-state index is 0.478. The van der Waals surface area contributed by atoms with E-state index in [4.69, 9.17) is 0 Å². The minimum Gasteiger partial charge on any atom is -0.313 e. The van der Waals surface area contributed by atoms with Crippen LogP contribution in [0.15, 0.2) is 0 Å². The van der Waals surface area contributed by atoms with Crippen molar-refractivity contribution < 1.29 is 0 Å². The third-order valence-electron chi connectivity index (χ3n) is 4.12. The van der Waals surface area contributed by atoms with Gasteiger partial charge in [-0.2, -0.15) is 11.8 Å². The van der Waals surface area contributed by atoms with Gasteiger partial charge in [0.05, 0.1) is 0 Å². The van der Waals surface area contributed by atoms with Crippen molar-refractivity contribution in [2.45, 2.75) is 83.8 Å². The second-order valence-corrected chi connectivity index (χ2v) is 8.98. The van der Waals surface area contributed by atoms with E-state index in [0.29, 0.717) is 5.41 Å². The van der Waals surface area contributed by atoms with Gasteiger partial charge < -0.3 is 5.32 Å². The lowest BCUT2D eigenvalue weighted by Gasteiger charge is -2.42. The summed E-state index contributed by atoms with van der Waals surface area (Å²) in [5, 5.41) is 5.34. The number of nitrogens with one attached hydrogen (secondary N) is 1. The first kappa shape index (κ1) is 16.4. The van der Waals surface area contributed by atoms with Crippen LogP contribution in [0.25, 0.3) is 0 Å². The Morgan fingerprint density at radius 3 is 2.39 bits per heavy atom. The van der Waals surface area contributed by atoms with Gasteiger partial charge >= 0.3 is 0 Å². The first-order valence-corrected chi connectivity index (χ1v) is 8.67. The summed E-state index contributed by atoms with van der Waals surface area (Å²) in [5.74, 6) is 0.897. The Morgan fingerprint density at radius 1 is 1.22 bits per heavy atom. The van der Waals surface area contributed by atoms with E-state index in [1.54, 1.807) is 0 Å². The third-order valence-corrected chi connectivity index (χ3v) is 5.53. The fourth-order valence-corrected chi connectivity index (χ4v) is 4.44. The van der Waals surface area contributed by atoms with Crippen molar-refractivity contribution in [2.24, 2.45) is 11.3 Å². The van der Waals surface area contributed by atoms with Crippen LogP contribution < -0.4 is 5.32 Å². The molecular formula is C16H33NS. The zero-order valence-corrected chi connectivity index (χ0v) is 14.1. The standard InChI is InChI=1S/C16H33NS/c1-7-10-17-14-9-8-13(16(4,5)6)11-15(14)18-12(2)3/h12-15,17H,7-11H2,1-6H3. The molecule has 0 aromatic heterocycles. The van der Waals surface area contributed by atoms with E-state index in [-0.39, 0.29) is 0 Å². The summed E-state index contributed by atoms with van der Waals surface area (Å²) >= 11 is 2.19. The summed E-state index contributed by atoms with van der Waals surface area (Å²) in [7, 11) is 0. The molecule has 108 valence electrons. The van der Waals surface area contributed by atoms with E-state index in [2.05, 4.69) is 58.6 Å². The zero-order valence-electron chi connectivity index (χ0n) is 13.3. The smallest absolute Gasteiger partial charge is 0.0206 e. The van der Waals surface area contributed by atoms with Crippen LogP contribution in [0.4, 0.5) is 0 Å². The molecule has 0 aliphatic heterocycles. The normalized spacial score (nSPS) is 29.8. The highest BCUT2D eigenvalue weighted by atomic mass is 32.2. The Labute approximate surface area is 119 Å². The van der Waals surface area contributed by atoms with Crippen molar-refractivity contribution >= 4 is 11.8 Å². The summed E-state index contributed by atoms with van der Waals surface area (Å²) < 4.78 is 0. The van der Waals surface area contributed by atoms with E-state index >= 15 is 0 Å². The first-order valence-electron chi connectivity index (χ1n) is 7.73. The highest BCUT2D eigenvalue weighted by Gasteiger charge is 2.36. The number of thioether (sulfide) groups is 1. The lowest BCUT2D eigenvalue weighted by molar-refractivity contribution is 0.165. The van der Waals surface area contributed by atoms with Crippen molar-refractivity contribution in [2.75, 3.05) is 6.54 Å². The molecule has 1 nitrogen and oxygen atoms in total. The molecule has 0 aromatic rings. The fourth-order valence-electron chi connectivity index (χ4n) is 2.98. The molecular weight excluding hydrogens is 238 g/mol. The van der Waals surface area contributed by atoms with E-state index < -0.39 is 0 Å². The molecule has 18 heavy (non-hydrogen) atoms. The Balaban J connectivity index is 2.60. The van der Waals surface area contributed by atoms with Gasteiger partial charge in [0.15, 0.2) is 0 Å². The average Bonchev–Trinajstić information content (AvgIpc) is 2.25. The minimum absolute atomic E-state index is 0.478. The van der Waals surface area contributed by atoms with Gasteiger partial charge in [0.25, 0.3) is 0 Å². The maximum atomic E-state index is 3.78. The van der Waals surface area contributed by atoms with Crippen LogP contribution in [-0.4, -0.2) is 23.1 Å². The predicted molar refractivity (Wildman–Crippen MR) is 85.4 cm³/mol. The highest BCUT2D eigenvalue weighted by molar-refractivity contribution is 8.00. The van der Waals surface area contributed by atoms with E-state index in [0.717, 1.165) is 22.5 Å². The largest absolute Gasteiger partial charge is 0.313 e. The summed E-state index contributed by atoms with van der Waals surface area (Å²) in [4.78, 5) is 0. The molecule has 1 aliphatic rings. The molecule has 1 saturated carbocycles. The molecule has 0 radical (unpaired) electrons. The molecule has 0 heterocycles. The van der Waals surface area contributed by atoms with Crippen LogP contribution in [0.2, 0.25) is 0 Å². The average molecular weight is 272 g/mol. The first-order chi connectivity index (χ1) is 8.34. The van der Waals surface area contributed by atoms with Crippen molar-refractivity contribution in [1.82, 2.24) is 5.32 Å². The third kappa shape index (κ3) is 5.13. The summed E-state index contributed by atoms with van der Waals surface area (Å²) in [5.41, 5.74) is 0.478. The molecule has 1 N–H and O–H groups in total. The number of rotatable bonds is 5. The van der Waals surface area contributed by atoms with Crippen LogP contribution >= 0.6 is 11.8 Å². The van der Waals surface area contributed by atoms with Crippen LogP contribution in [-0.2, 0) is 0 Å². The SMILES string of the molecule is CCCNC1CCC(C(C)(C)C)CC1SC(C)C. The molecule has 0 saturated heterocycles. The molecule has 0 bridgehead atoms. The Hall–Kier alpha value is 0.310. The van der Waals surface area contributed by atoms with Gasteiger partial charge in [-0.05, 0) is 48.8 Å².